The van der Waals surface area contributed by atoms with E-state index in [9.17, 15) is 14.4 Å². The second-order valence-corrected chi connectivity index (χ2v) is 8.10. The zero-order valence-electron chi connectivity index (χ0n) is 17.9. The second kappa shape index (κ2) is 10.1. The van der Waals surface area contributed by atoms with Crippen LogP contribution in [0.4, 0.5) is 10.5 Å². The van der Waals surface area contributed by atoms with Crippen LogP contribution in [-0.4, -0.2) is 38.7 Å². The highest BCUT2D eigenvalue weighted by Gasteiger charge is 2.15. The summed E-state index contributed by atoms with van der Waals surface area (Å²) in [6.45, 7) is 0.563. The normalized spacial score (nSPS) is 14.2. The smallest absolute Gasteiger partial charge is 0.338 e. The van der Waals surface area contributed by atoms with Crippen LogP contribution >= 0.6 is 0 Å². The largest absolute Gasteiger partial charge is 0.350 e. The molecule has 3 N–H and O–H groups in total. The highest BCUT2D eigenvalue weighted by atomic mass is 16.2. The molecule has 0 bridgehead atoms. The van der Waals surface area contributed by atoms with Crippen LogP contribution in [0.15, 0.2) is 53.5 Å². The fourth-order valence-corrected chi connectivity index (χ4v) is 3.99. The fourth-order valence-electron chi connectivity index (χ4n) is 3.99. The average molecular weight is 437 g/mol. The first-order valence-corrected chi connectivity index (χ1v) is 11.1. The first-order chi connectivity index (χ1) is 15.6. The van der Waals surface area contributed by atoms with Crippen molar-refractivity contribution in [3.63, 3.8) is 0 Å². The molecule has 9 nitrogen and oxygen atoms in total. The van der Waals surface area contributed by atoms with E-state index in [0.29, 0.717) is 17.9 Å². The van der Waals surface area contributed by atoms with Crippen LogP contribution in [0, 0.1) is 0 Å². The molecule has 32 heavy (non-hydrogen) atoms. The van der Waals surface area contributed by atoms with Crippen molar-refractivity contribution in [1.82, 2.24) is 24.8 Å². The van der Waals surface area contributed by atoms with Crippen LogP contribution in [0.1, 0.15) is 44.1 Å². The molecule has 0 spiro atoms. The topological polar surface area (TPSA) is 110 Å². The van der Waals surface area contributed by atoms with Gasteiger partial charge in [-0.15, -0.1) is 5.10 Å². The lowest BCUT2D eigenvalue weighted by atomic mass is 9.96. The maximum absolute atomic E-state index is 12.4. The molecule has 168 valence electrons. The van der Waals surface area contributed by atoms with Crippen LogP contribution in [0.25, 0.3) is 5.65 Å². The third-order valence-electron chi connectivity index (χ3n) is 5.61. The Hall–Kier alpha value is -3.62. The van der Waals surface area contributed by atoms with Crippen molar-refractivity contribution in [2.45, 2.75) is 51.1 Å². The maximum Gasteiger partial charge on any atom is 0.350 e. The molecule has 0 saturated heterocycles. The van der Waals surface area contributed by atoms with Crippen molar-refractivity contribution in [3.05, 3.63) is 64.7 Å². The van der Waals surface area contributed by atoms with Gasteiger partial charge in [-0.05, 0) is 42.7 Å². The van der Waals surface area contributed by atoms with Gasteiger partial charge in [0.2, 0.25) is 5.91 Å². The van der Waals surface area contributed by atoms with Crippen LogP contribution in [-0.2, 0) is 11.3 Å². The van der Waals surface area contributed by atoms with Crippen molar-refractivity contribution >= 4 is 23.3 Å². The lowest BCUT2D eigenvalue weighted by molar-refractivity contribution is -0.116. The molecule has 1 aliphatic carbocycles. The SMILES string of the molecule is O=C(CCNC(=O)NC1CCCCC1)Nc1cccc(Cn2nc3ccccn3c2=O)c1. The van der Waals surface area contributed by atoms with Crippen LogP contribution < -0.4 is 21.6 Å². The number of amides is 3. The molecular weight excluding hydrogens is 408 g/mol. The number of carbonyl (C=O) groups is 2. The fraction of sp³-hybridized carbons (Fsp3) is 0.391. The molecule has 1 aromatic carbocycles. The summed E-state index contributed by atoms with van der Waals surface area (Å²) in [5, 5.41) is 12.9. The predicted molar refractivity (Wildman–Crippen MR) is 122 cm³/mol. The van der Waals surface area contributed by atoms with Gasteiger partial charge in [0.25, 0.3) is 0 Å². The Bertz CT molecular complexity index is 1150. The number of carbonyl (C=O) groups excluding carboxylic acids is 2. The Labute approximate surface area is 185 Å². The summed E-state index contributed by atoms with van der Waals surface area (Å²) >= 11 is 0. The Morgan fingerprint density at radius 3 is 2.72 bits per heavy atom. The van der Waals surface area contributed by atoms with E-state index < -0.39 is 0 Å². The lowest BCUT2D eigenvalue weighted by Crippen LogP contribution is -2.43. The summed E-state index contributed by atoms with van der Waals surface area (Å²) in [6, 6.07) is 12.7. The Morgan fingerprint density at radius 2 is 1.91 bits per heavy atom. The Balaban J connectivity index is 1.26. The number of benzene rings is 1. The molecule has 9 heteroatoms. The Kier molecular flexibility index (Phi) is 6.84. The second-order valence-electron chi connectivity index (χ2n) is 8.10. The van der Waals surface area contributed by atoms with Gasteiger partial charge in [0.1, 0.15) is 0 Å². The average Bonchev–Trinajstić information content (AvgIpc) is 3.10. The summed E-state index contributed by atoms with van der Waals surface area (Å²) in [4.78, 5) is 36.7. The van der Waals surface area contributed by atoms with E-state index in [-0.39, 0.29) is 36.6 Å². The quantitative estimate of drug-likeness (QED) is 0.529. The first kappa shape index (κ1) is 21.6. The molecule has 3 aromatic rings. The van der Waals surface area contributed by atoms with Gasteiger partial charge in [0.15, 0.2) is 5.65 Å². The summed E-state index contributed by atoms with van der Waals surface area (Å²) in [5.74, 6) is -0.190. The molecule has 3 amide bonds. The molecule has 0 aliphatic heterocycles. The third kappa shape index (κ3) is 5.54. The van der Waals surface area contributed by atoms with Gasteiger partial charge < -0.3 is 16.0 Å². The van der Waals surface area contributed by atoms with Crippen molar-refractivity contribution < 1.29 is 9.59 Å². The van der Waals surface area contributed by atoms with E-state index in [1.54, 1.807) is 24.4 Å². The van der Waals surface area contributed by atoms with E-state index in [0.717, 1.165) is 31.2 Å². The number of aromatic nitrogens is 3. The van der Waals surface area contributed by atoms with Crippen LogP contribution in [0.2, 0.25) is 0 Å². The number of pyridine rings is 1. The van der Waals surface area contributed by atoms with E-state index in [1.807, 2.05) is 24.3 Å². The van der Waals surface area contributed by atoms with E-state index >= 15 is 0 Å². The van der Waals surface area contributed by atoms with Crippen molar-refractivity contribution in [2.24, 2.45) is 0 Å². The number of hydrogen-bond acceptors (Lipinski definition) is 4. The lowest BCUT2D eigenvalue weighted by Gasteiger charge is -2.22. The highest BCUT2D eigenvalue weighted by Crippen LogP contribution is 2.17. The number of nitrogens with zero attached hydrogens (tertiary/aromatic N) is 3. The molecule has 2 aromatic heterocycles. The molecule has 1 saturated carbocycles. The minimum absolute atomic E-state index is 0.175. The molecule has 1 fully saturated rings. The minimum Gasteiger partial charge on any atom is -0.338 e. The number of anilines is 1. The summed E-state index contributed by atoms with van der Waals surface area (Å²) in [6.07, 6.45) is 7.43. The molecule has 4 rings (SSSR count). The van der Waals surface area contributed by atoms with Crippen molar-refractivity contribution in [2.75, 3.05) is 11.9 Å². The zero-order valence-corrected chi connectivity index (χ0v) is 17.9. The standard InChI is InChI=1S/C23H28N6O3/c30-21(12-13-24-22(31)26-18-8-2-1-3-9-18)25-19-10-6-7-17(15-19)16-29-23(32)28-14-5-4-11-20(28)27-29/h4-7,10-11,14-15,18H,1-3,8-9,12-13,16H2,(H,25,30)(H2,24,26,31). The van der Waals surface area contributed by atoms with Gasteiger partial charge in [-0.3, -0.25) is 9.20 Å². The van der Waals surface area contributed by atoms with Gasteiger partial charge in [-0.25, -0.2) is 14.3 Å². The van der Waals surface area contributed by atoms with E-state index in [1.165, 1.54) is 15.5 Å². The number of urea groups is 1. The van der Waals surface area contributed by atoms with Crippen LogP contribution in [0.3, 0.4) is 0 Å². The third-order valence-corrected chi connectivity index (χ3v) is 5.61. The maximum atomic E-state index is 12.4. The monoisotopic (exact) mass is 436 g/mol. The van der Waals surface area contributed by atoms with Gasteiger partial charge in [-0.2, -0.15) is 0 Å². The molecule has 2 heterocycles. The molecule has 0 atom stereocenters. The predicted octanol–water partition coefficient (Wildman–Crippen LogP) is 2.50. The molecule has 0 radical (unpaired) electrons. The van der Waals surface area contributed by atoms with Gasteiger partial charge in [0.05, 0.1) is 6.54 Å². The van der Waals surface area contributed by atoms with Gasteiger partial charge in [0, 0.05) is 30.9 Å². The molecular formula is C23H28N6O3. The zero-order chi connectivity index (χ0) is 22.3. The van der Waals surface area contributed by atoms with E-state index in [2.05, 4.69) is 21.0 Å². The molecule has 1 aliphatic rings. The number of fused-ring (bicyclic) bond motifs is 1. The Morgan fingerprint density at radius 1 is 1.06 bits per heavy atom. The number of nitrogens with one attached hydrogen (secondary N) is 3. The number of hydrogen-bond donors (Lipinski definition) is 3. The first-order valence-electron chi connectivity index (χ1n) is 11.1. The molecule has 0 unspecified atom stereocenters. The van der Waals surface area contributed by atoms with Crippen LogP contribution in [0.5, 0.6) is 0 Å². The van der Waals surface area contributed by atoms with Crippen molar-refractivity contribution in [1.29, 1.82) is 0 Å². The van der Waals surface area contributed by atoms with Gasteiger partial charge in [-0.1, -0.05) is 37.5 Å². The summed E-state index contributed by atoms with van der Waals surface area (Å²) in [5.41, 5.74) is 1.85. The van der Waals surface area contributed by atoms with E-state index in [4.69, 9.17) is 0 Å². The minimum atomic E-state index is -0.218. The summed E-state index contributed by atoms with van der Waals surface area (Å²) < 4.78 is 2.88. The number of rotatable bonds is 7. The van der Waals surface area contributed by atoms with Gasteiger partial charge >= 0.3 is 11.7 Å². The van der Waals surface area contributed by atoms with Crippen molar-refractivity contribution in [3.8, 4) is 0 Å². The highest BCUT2D eigenvalue weighted by molar-refractivity contribution is 5.91. The summed E-state index contributed by atoms with van der Waals surface area (Å²) in [7, 11) is 0.